The van der Waals surface area contributed by atoms with Gasteiger partial charge in [0.25, 0.3) is 0 Å². The number of likely N-dealkylation sites (N-methyl/N-ethyl adjacent to an activating group) is 1. The van der Waals surface area contributed by atoms with E-state index < -0.39 is 0 Å². The zero-order valence-electron chi connectivity index (χ0n) is 13.1. The molecule has 1 unspecified atom stereocenters. The monoisotopic (exact) mass is 276 g/mol. The second kappa shape index (κ2) is 7.75. The summed E-state index contributed by atoms with van der Waals surface area (Å²) < 4.78 is 5.65. The molecule has 1 saturated carbocycles. The van der Waals surface area contributed by atoms with Crippen molar-refractivity contribution in [1.29, 1.82) is 0 Å². The molecule has 1 aliphatic carbocycles. The first-order valence-electron chi connectivity index (χ1n) is 7.98. The number of rotatable bonds is 8. The summed E-state index contributed by atoms with van der Waals surface area (Å²) >= 11 is 0. The van der Waals surface area contributed by atoms with Gasteiger partial charge in [-0.2, -0.15) is 0 Å². The molecule has 20 heavy (non-hydrogen) atoms. The fourth-order valence-corrected chi connectivity index (χ4v) is 3.13. The Labute approximate surface area is 123 Å². The van der Waals surface area contributed by atoms with E-state index in [-0.39, 0.29) is 0 Å². The van der Waals surface area contributed by atoms with Gasteiger partial charge in [0, 0.05) is 31.0 Å². The molecule has 2 rings (SSSR count). The molecule has 0 spiro atoms. The second-order valence-electron chi connectivity index (χ2n) is 5.88. The molecule has 1 N–H and O–H groups in total. The summed E-state index contributed by atoms with van der Waals surface area (Å²) in [5, 5.41) is 3.62. The maximum atomic E-state index is 5.65. The van der Waals surface area contributed by atoms with Crippen LogP contribution in [0, 0.1) is 12.8 Å². The van der Waals surface area contributed by atoms with Crippen LogP contribution >= 0.6 is 0 Å². The van der Waals surface area contributed by atoms with E-state index in [1.54, 1.807) is 0 Å². The van der Waals surface area contributed by atoms with Gasteiger partial charge >= 0.3 is 0 Å². The van der Waals surface area contributed by atoms with Gasteiger partial charge in [-0.05, 0) is 57.2 Å². The van der Waals surface area contributed by atoms with Crippen molar-refractivity contribution in [3.63, 3.8) is 0 Å². The number of pyridine rings is 1. The zero-order chi connectivity index (χ0) is 14.4. The summed E-state index contributed by atoms with van der Waals surface area (Å²) in [5.41, 5.74) is 2.54. The lowest BCUT2D eigenvalue weighted by atomic mass is 9.77. The molecule has 3 heteroatoms. The highest BCUT2D eigenvalue weighted by Crippen LogP contribution is 2.34. The normalized spacial score (nSPS) is 23.4. The van der Waals surface area contributed by atoms with Crippen molar-refractivity contribution in [3.8, 4) is 0 Å². The lowest BCUT2D eigenvalue weighted by Gasteiger charge is -2.37. The zero-order valence-corrected chi connectivity index (χ0v) is 13.1. The van der Waals surface area contributed by atoms with Gasteiger partial charge in [-0.15, -0.1) is 0 Å². The summed E-state index contributed by atoms with van der Waals surface area (Å²) in [6.07, 6.45) is 7.17. The Kier molecular flexibility index (Phi) is 5.99. The average molecular weight is 276 g/mol. The van der Waals surface area contributed by atoms with Gasteiger partial charge in [0.2, 0.25) is 0 Å². The van der Waals surface area contributed by atoms with E-state index in [0.29, 0.717) is 12.1 Å². The molecule has 0 saturated heterocycles. The molecule has 0 aromatic carbocycles. The lowest BCUT2D eigenvalue weighted by Crippen LogP contribution is -2.39. The molecule has 0 aliphatic heterocycles. The first-order valence-corrected chi connectivity index (χ1v) is 7.98. The third kappa shape index (κ3) is 4.29. The summed E-state index contributed by atoms with van der Waals surface area (Å²) in [7, 11) is 0. The predicted molar refractivity (Wildman–Crippen MR) is 82.9 cm³/mol. The molecule has 1 atom stereocenters. The van der Waals surface area contributed by atoms with Gasteiger partial charge in [0.05, 0.1) is 6.10 Å². The number of hydrogen-bond donors (Lipinski definition) is 1. The van der Waals surface area contributed by atoms with Crippen LogP contribution in [0.15, 0.2) is 18.3 Å². The van der Waals surface area contributed by atoms with Gasteiger partial charge in [-0.3, -0.25) is 4.98 Å². The number of aromatic nitrogens is 1. The highest BCUT2D eigenvalue weighted by molar-refractivity contribution is 5.18. The van der Waals surface area contributed by atoms with Crippen LogP contribution in [0.2, 0.25) is 0 Å². The van der Waals surface area contributed by atoms with Crippen LogP contribution in [0.5, 0.6) is 0 Å². The van der Waals surface area contributed by atoms with Crippen LogP contribution in [-0.4, -0.2) is 30.3 Å². The summed E-state index contributed by atoms with van der Waals surface area (Å²) in [6.45, 7) is 8.29. The van der Waals surface area contributed by atoms with Crippen LogP contribution in [0.3, 0.4) is 0 Å². The molecular weight excluding hydrogens is 248 g/mol. The topological polar surface area (TPSA) is 34.2 Å². The van der Waals surface area contributed by atoms with Gasteiger partial charge in [-0.1, -0.05) is 13.0 Å². The van der Waals surface area contributed by atoms with Crippen LogP contribution in [0.25, 0.3) is 0 Å². The number of nitrogens with zero attached hydrogens (tertiary/aromatic N) is 1. The van der Waals surface area contributed by atoms with Crippen LogP contribution in [0.4, 0.5) is 0 Å². The van der Waals surface area contributed by atoms with E-state index in [1.165, 1.54) is 30.5 Å². The maximum absolute atomic E-state index is 5.65. The third-order valence-corrected chi connectivity index (χ3v) is 4.26. The first-order chi connectivity index (χ1) is 9.72. The Bertz CT molecular complexity index is 402. The highest BCUT2D eigenvalue weighted by Gasteiger charge is 2.31. The third-order valence-electron chi connectivity index (χ3n) is 4.26. The predicted octanol–water partition coefficient (Wildman–Crippen LogP) is 3.12. The lowest BCUT2D eigenvalue weighted by molar-refractivity contribution is -0.0290. The number of ether oxygens (including phenoxy) is 1. The van der Waals surface area contributed by atoms with Crippen molar-refractivity contribution in [2.45, 2.75) is 58.6 Å². The average Bonchev–Trinajstić information content (AvgIpc) is 2.39. The maximum Gasteiger partial charge on any atom is 0.0580 e. The molecule has 112 valence electrons. The second-order valence-corrected chi connectivity index (χ2v) is 5.88. The standard InChI is InChI=1S/C17H28N2O/c1-4-18-15(9-14-10-16(11-14)20-5-2)12-17-13(3)7-6-8-19-17/h6-8,14-16,18H,4-5,9-12H2,1-3H3. The van der Waals surface area contributed by atoms with Crippen LogP contribution < -0.4 is 5.32 Å². The minimum absolute atomic E-state index is 0.517. The van der Waals surface area contributed by atoms with E-state index in [1.807, 2.05) is 12.3 Å². The molecule has 1 fully saturated rings. The molecule has 0 radical (unpaired) electrons. The van der Waals surface area contributed by atoms with Crippen LogP contribution in [-0.2, 0) is 11.2 Å². The number of hydrogen-bond acceptors (Lipinski definition) is 3. The first kappa shape index (κ1) is 15.5. The van der Waals surface area contributed by atoms with E-state index in [4.69, 9.17) is 4.74 Å². The SMILES string of the molecule is CCNC(Cc1ncccc1C)CC1CC(OCC)C1. The molecule has 1 aliphatic rings. The fraction of sp³-hybridized carbons (Fsp3) is 0.706. The summed E-state index contributed by atoms with van der Waals surface area (Å²) in [5.74, 6) is 0.819. The Morgan fingerprint density at radius 1 is 1.40 bits per heavy atom. The minimum Gasteiger partial charge on any atom is -0.378 e. The molecule has 0 bridgehead atoms. The van der Waals surface area contributed by atoms with E-state index >= 15 is 0 Å². The van der Waals surface area contributed by atoms with Gasteiger partial charge in [0.15, 0.2) is 0 Å². The Morgan fingerprint density at radius 2 is 2.20 bits per heavy atom. The summed E-state index contributed by atoms with van der Waals surface area (Å²) in [6, 6.07) is 4.71. The molecular formula is C17H28N2O. The van der Waals surface area contributed by atoms with E-state index in [2.05, 4.69) is 37.1 Å². The van der Waals surface area contributed by atoms with Crippen LogP contribution in [0.1, 0.15) is 44.4 Å². The van der Waals surface area contributed by atoms with Gasteiger partial charge < -0.3 is 10.1 Å². The van der Waals surface area contributed by atoms with Crippen molar-refractivity contribution in [1.82, 2.24) is 10.3 Å². The van der Waals surface area contributed by atoms with Crippen molar-refractivity contribution < 1.29 is 4.74 Å². The van der Waals surface area contributed by atoms with E-state index in [9.17, 15) is 0 Å². The quantitative estimate of drug-likeness (QED) is 0.792. The smallest absolute Gasteiger partial charge is 0.0580 e. The van der Waals surface area contributed by atoms with Gasteiger partial charge in [-0.25, -0.2) is 0 Å². The molecule has 0 amide bonds. The van der Waals surface area contributed by atoms with Crippen molar-refractivity contribution in [2.24, 2.45) is 5.92 Å². The Hall–Kier alpha value is -0.930. The van der Waals surface area contributed by atoms with Crippen molar-refractivity contribution in [3.05, 3.63) is 29.6 Å². The molecule has 1 aromatic rings. The molecule has 3 nitrogen and oxygen atoms in total. The largest absolute Gasteiger partial charge is 0.378 e. The molecule has 1 heterocycles. The highest BCUT2D eigenvalue weighted by atomic mass is 16.5. The van der Waals surface area contributed by atoms with Crippen molar-refractivity contribution in [2.75, 3.05) is 13.2 Å². The van der Waals surface area contributed by atoms with Crippen molar-refractivity contribution >= 4 is 0 Å². The minimum atomic E-state index is 0.517. The van der Waals surface area contributed by atoms with Gasteiger partial charge in [0.1, 0.15) is 0 Å². The number of aryl methyl sites for hydroxylation is 1. The molecule has 1 aromatic heterocycles. The Balaban J connectivity index is 1.84. The Morgan fingerprint density at radius 3 is 2.85 bits per heavy atom. The summed E-state index contributed by atoms with van der Waals surface area (Å²) in [4.78, 5) is 4.53. The number of nitrogens with one attached hydrogen (secondary N) is 1. The van der Waals surface area contributed by atoms with E-state index in [0.717, 1.165) is 25.5 Å². The fourth-order valence-electron chi connectivity index (χ4n) is 3.13.